The van der Waals surface area contributed by atoms with E-state index in [0.29, 0.717) is 6.10 Å². The van der Waals surface area contributed by atoms with Crippen molar-refractivity contribution in [2.75, 3.05) is 0 Å². The van der Waals surface area contributed by atoms with E-state index in [2.05, 4.69) is 27.7 Å². The summed E-state index contributed by atoms with van der Waals surface area (Å²) < 4.78 is 5.74. The van der Waals surface area contributed by atoms with Crippen LogP contribution >= 0.6 is 0 Å². The van der Waals surface area contributed by atoms with Crippen molar-refractivity contribution in [1.29, 1.82) is 0 Å². The fourth-order valence-electron chi connectivity index (χ4n) is 2.04. The van der Waals surface area contributed by atoms with Gasteiger partial charge in [-0.15, -0.1) is 0 Å². The molecule has 0 amide bonds. The summed E-state index contributed by atoms with van der Waals surface area (Å²) in [7, 11) is 0. The molecular formula is C13H24O. The van der Waals surface area contributed by atoms with Crippen LogP contribution in [0, 0.1) is 11.8 Å². The minimum absolute atomic E-state index is 0.478. The summed E-state index contributed by atoms with van der Waals surface area (Å²) in [5, 5.41) is 0. The molecule has 14 heavy (non-hydrogen) atoms. The van der Waals surface area contributed by atoms with Gasteiger partial charge >= 0.3 is 0 Å². The summed E-state index contributed by atoms with van der Waals surface area (Å²) in [5.74, 6) is 1.51. The van der Waals surface area contributed by atoms with Crippen molar-refractivity contribution in [1.82, 2.24) is 0 Å². The summed E-state index contributed by atoms with van der Waals surface area (Å²) in [6.07, 6.45) is 7.37. The molecule has 0 bridgehead atoms. The van der Waals surface area contributed by atoms with Crippen LogP contribution in [0.2, 0.25) is 0 Å². The van der Waals surface area contributed by atoms with E-state index >= 15 is 0 Å². The Morgan fingerprint density at radius 1 is 1.29 bits per heavy atom. The zero-order valence-electron chi connectivity index (χ0n) is 10.0. The summed E-state index contributed by atoms with van der Waals surface area (Å²) in [6.45, 7) is 9.05. The van der Waals surface area contributed by atoms with Crippen LogP contribution < -0.4 is 0 Å². The predicted octanol–water partition coefficient (Wildman–Crippen LogP) is 4.14. The second kappa shape index (κ2) is 5.43. The van der Waals surface area contributed by atoms with Crippen LogP contribution in [-0.2, 0) is 4.74 Å². The van der Waals surface area contributed by atoms with Gasteiger partial charge in [0.1, 0.15) is 0 Å². The molecule has 0 saturated heterocycles. The summed E-state index contributed by atoms with van der Waals surface area (Å²) in [6, 6.07) is 0. The SMILES string of the molecule is CC(C)CC1=COC(CC(C)C)CC1. The summed E-state index contributed by atoms with van der Waals surface area (Å²) in [4.78, 5) is 0. The minimum Gasteiger partial charge on any atom is -0.498 e. The number of hydrogen-bond donors (Lipinski definition) is 0. The molecule has 1 aliphatic rings. The molecule has 1 aliphatic heterocycles. The predicted molar refractivity (Wildman–Crippen MR) is 61.1 cm³/mol. The second-order valence-electron chi connectivity index (χ2n) is 5.30. The molecule has 1 unspecified atom stereocenters. The minimum atomic E-state index is 0.478. The van der Waals surface area contributed by atoms with Gasteiger partial charge in [-0.25, -0.2) is 0 Å². The molecule has 1 heterocycles. The highest BCUT2D eigenvalue weighted by Gasteiger charge is 2.16. The zero-order valence-corrected chi connectivity index (χ0v) is 10.0. The smallest absolute Gasteiger partial charge is 0.0983 e. The first-order chi connectivity index (χ1) is 6.58. The largest absolute Gasteiger partial charge is 0.498 e. The van der Waals surface area contributed by atoms with Crippen LogP contribution in [0.25, 0.3) is 0 Å². The second-order valence-corrected chi connectivity index (χ2v) is 5.30. The topological polar surface area (TPSA) is 9.23 Å². The Morgan fingerprint density at radius 2 is 2.00 bits per heavy atom. The third-order valence-corrected chi connectivity index (χ3v) is 2.62. The number of hydrogen-bond acceptors (Lipinski definition) is 1. The van der Waals surface area contributed by atoms with Gasteiger partial charge in [0.05, 0.1) is 12.4 Å². The van der Waals surface area contributed by atoms with Crippen LogP contribution in [0.1, 0.15) is 53.4 Å². The molecule has 0 aromatic heterocycles. The fourth-order valence-corrected chi connectivity index (χ4v) is 2.04. The number of ether oxygens (including phenoxy) is 1. The molecule has 0 aromatic carbocycles. The van der Waals surface area contributed by atoms with Gasteiger partial charge in [-0.2, -0.15) is 0 Å². The molecule has 1 heteroatoms. The van der Waals surface area contributed by atoms with E-state index in [0.717, 1.165) is 11.8 Å². The Bertz CT molecular complexity index is 191. The monoisotopic (exact) mass is 196 g/mol. The average molecular weight is 196 g/mol. The molecule has 1 rings (SSSR count). The standard InChI is InChI=1S/C13H24O/c1-10(2)7-12-5-6-13(14-9-12)8-11(3)4/h9-11,13H,5-8H2,1-4H3. The first-order valence-corrected chi connectivity index (χ1v) is 5.91. The molecule has 1 nitrogen and oxygen atoms in total. The Balaban J connectivity index is 2.32. The molecular weight excluding hydrogens is 172 g/mol. The molecule has 0 N–H and O–H groups in total. The highest BCUT2D eigenvalue weighted by Crippen LogP contribution is 2.25. The third kappa shape index (κ3) is 4.17. The summed E-state index contributed by atoms with van der Waals surface area (Å²) in [5.41, 5.74) is 1.50. The van der Waals surface area contributed by atoms with Crippen LogP contribution in [0.5, 0.6) is 0 Å². The van der Waals surface area contributed by atoms with Crippen molar-refractivity contribution in [2.24, 2.45) is 11.8 Å². The number of rotatable bonds is 4. The lowest BCUT2D eigenvalue weighted by atomic mass is 9.94. The van der Waals surface area contributed by atoms with Crippen molar-refractivity contribution in [3.05, 3.63) is 11.8 Å². The fraction of sp³-hybridized carbons (Fsp3) is 0.846. The van der Waals surface area contributed by atoms with Gasteiger partial charge in [-0.1, -0.05) is 27.7 Å². The van der Waals surface area contributed by atoms with Crippen LogP contribution in [-0.4, -0.2) is 6.10 Å². The van der Waals surface area contributed by atoms with Crippen molar-refractivity contribution < 1.29 is 4.74 Å². The molecule has 0 radical (unpaired) electrons. The Hall–Kier alpha value is -0.460. The van der Waals surface area contributed by atoms with E-state index in [9.17, 15) is 0 Å². The first-order valence-electron chi connectivity index (χ1n) is 5.91. The van der Waals surface area contributed by atoms with Gasteiger partial charge in [-0.05, 0) is 43.1 Å². The third-order valence-electron chi connectivity index (χ3n) is 2.62. The normalized spacial score (nSPS) is 22.4. The lowest BCUT2D eigenvalue weighted by molar-refractivity contribution is 0.0977. The molecule has 0 aliphatic carbocycles. The van der Waals surface area contributed by atoms with Gasteiger partial charge < -0.3 is 4.74 Å². The van der Waals surface area contributed by atoms with Gasteiger partial charge in [0.25, 0.3) is 0 Å². The van der Waals surface area contributed by atoms with Gasteiger partial charge in [0, 0.05) is 0 Å². The lowest BCUT2D eigenvalue weighted by Crippen LogP contribution is -2.17. The van der Waals surface area contributed by atoms with E-state index < -0.39 is 0 Å². The maximum absolute atomic E-state index is 5.74. The van der Waals surface area contributed by atoms with Gasteiger partial charge in [-0.3, -0.25) is 0 Å². The average Bonchev–Trinajstić information content (AvgIpc) is 2.06. The molecule has 0 spiro atoms. The number of allylic oxidation sites excluding steroid dienone is 1. The highest BCUT2D eigenvalue weighted by molar-refractivity contribution is 5.02. The van der Waals surface area contributed by atoms with E-state index in [1.165, 1.54) is 31.3 Å². The van der Waals surface area contributed by atoms with E-state index in [4.69, 9.17) is 4.74 Å². The van der Waals surface area contributed by atoms with Gasteiger partial charge in [0.2, 0.25) is 0 Å². The Kier molecular flexibility index (Phi) is 4.50. The Morgan fingerprint density at radius 3 is 2.43 bits per heavy atom. The van der Waals surface area contributed by atoms with E-state index in [-0.39, 0.29) is 0 Å². The van der Waals surface area contributed by atoms with Gasteiger partial charge in [0.15, 0.2) is 0 Å². The maximum Gasteiger partial charge on any atom is 0.0983 e. The van der Waals surface area contributed by atoms with Crippen molar-refractivity contribution in [2.45, 2.75) is 59.5 Å². The van der Waals surface area contributed by atoms with E-state index in [1.807, 2.05) is 6.26 Å². The summed E-state index contributed by atoms with van der Waals surface area (Å²) >= 11 is 0. The van der Waals surface area contributed by atoms with Crippen molar-refractivity contribution in [3.8, 4) is 0 Å². The van der Waals surface area contributed by atoms with E-state index in [1.54, 1.807) is 0 Å². The lowest BCUT2D eigenvalue weighted by Gasteiger charge is -2.25. The molecule has 0 fully saturated rings. The Labute approximate surface area is 88.5 Å². The molecule has 1 atom stereocenters. The van der Waals surface area contributed by atoms with Crippen LogP contribution in [0.15, 0.2) is 11.8 Å². The zero-order chi connectivity index (χ0) is 10.6. The molecule has 0 aromatic rings. The van der Waals surface area contributed by atoms with Crippen molar-refractivity contribution in [3.63, 3.8) is 0 Å². The highest BCUT2D eigenvalue weighted by atomic mass is 16.5. The molecule has 0 saturated carbocycles. The van der Waals surface area contributed by atoms with Crippen molar-refractivity contribution >= 4 is 0 Å². The van der Waals surface area contributed by atoms with Crippen LogP contribution in [0.3, 0.4) is 0 Å². The van der Waals surface area contributed by atoms with Crippen LogP contribution in [0.4, 0.5) is 0 Å². The quantitative estimate of drug-likeness (QED) is 0.656. The maximum atomic E-state index is 5.74. The first kappa shape index (κ1) is 11.6. The molecule has 82 valence electrons.